The third-order valence-corrected chi connectivity index (χ3v) is 6.19. The Bertz CT molecular complexity index is 922. The second kappa shape index (κ2) is 9.69. The van der Waals surface area contributed by atoms with E-state index in [1.807, 2.05) is 35.8 Å². The van der Waals surface area contributed by atoms with Crippen LogP contribution in [0.2, 0.25) is 0 Å². The van der Waals surface area contributed by atoms with Gasteiger partial charge < -0.3 is 19.9 Å². The number of hydrogen-bond acceptors (Lipinski definition) is 7. The highest BCUT2D eigenvalue weighted by atomic mass is 32.2. The van der Waals surface area contributed by atoms with Gasteiger partial charge in [-0.2, -0.15) is 0 Å². The van der Waals surface area contributed by atoms with E-state index in [0.717, 1.165) is 37.6 Å². The number of aromatic nitrogens is 3. The molecule has 1 saturated carbocycles. The number of nitrogens with zero attached hydrogens (tertiary/aromatic N) is 5. The van der Waals surface area contributed by atoms with Crippen molar-refractivity contribution in [3.05, 3.63) is 29.8 Å². The third kappa shape index (κ3) is 5.56. The summed E-state index contributed by atoms with van der Waals surface area (Å²) < 4.78 is 7.46. The molecule has 4 rings (SSSR count). The summed E-state index contributed by atoms with van der Waals surface area (Å²) in [6.45, 7) is 4.89. The van der Waals surface area contributed by atoms with Gasteiger partial charge in [-0.1, -0.05) is 29.5 Å². The SMILES string of the molecule is Cc1ccc(-n2c(SCC(=O)N(C)CC(=O)NC3CC3)nnc2N2CCOCC2)cc1. The highest BCUT2D eigenvalue weighted by molar-refractivity contribution is 7.99. The summed E-state index contributed by atoms with van der Waals surface area (Å²) in [6, 6.07) is 8.44. The average molecular weight is 445 g/mol. The first-order valence-electron chi connectivity index (χ1n) is 10.5. The van der Waals surface area contributed by atoms with Gasteiger partial charge in [-0.15, -0.1) is 10.2 Å². The molecule has 1 aromatic carbocycles. The predicted molar refractivity (Wildman–Crippen MR) is 119 cm³/mol. The van der Waals surface area contributed by atoms with E-state index < -0.39 is 0 Å². The molecule has 2 fully saturated rings. The van der Waals surface area contributed by atoms with Crippen molar-refractivity contribution in [3.8, 4) is 5.69 Å². The standard InChI is InChI=1S/C21H28N6O3S/c1-15-3-7-17(8-4-15)27-20(26-9-11-30-12-10-26)23-24-21(27)31-14-19(29)25(2)13-18(28)22-16-5-6-16/h3-4,7-8,16H,5-6,9-14H2,1-2H3,(H,22,28). The van der Waals surface area contributed by atoms with Crippen LogP contribution in [0.3, 0.4) is 0 Å². The van der Waals surface area contributed by atoms with Gasteiger partial charge in [0.15, 0.2) is 5.16 Å². The number of morpholine rings is 1. The number of likely N-dealkylation sites (N-methyl/N-ethyl adjacent to an activating group) is 1. The monoisotopic (exact) mass is 444 g/mol. The van der Waals surface area contributed by atoms with Gasteiger partial charge in [-0.25, -0.2) is 0 Å². The number of nitrogens with one attached hydrogen (secondary N) is 1. The highest BCUT2D eigenvalue weighted by Gasteiger charge is 2.25. The Morgan fingerprint density at radius 2 is 1.90 bits per heavy atom. The molecule has 2 heterocycles. The second-order valence-corrected chi connectivity index (χ2v) is 8.88. The fraction of sp³-hybridized carbons (Fsp3) is 0.524. The number of amides is 2. The van der Waals surface area contributed by atoms with Crippen LogP contribution < -0.4 is 10.2 Å². The Hall–Kier alpha value is -2.59. The van der Waals surface area contributed by atoms with Crippen LogP contribution in [0.4, 0.5) is 5.95 Å². The van der Waals surface area contributed by atoms with E-state index in [4.69, 9.17) is 4.74 Å². The van der Waals surface area contributed by atoms with Crippen LogP contribution in [0, 0.1) is 6.92 Å². The van der Waals surface area contributed by atoms with E-state index in [-0.39, 0.29) is 30.2 Å². The summed E-state index contributed by atoms with van der Waals surface area (Å²) in [6.07, 6.45) is 2.05. The van der Waals surface area contributed by atoms with Gasteiger partial charge in [0.2, 0.25) is 17.8 Å². The lowest BCUT2D eigenvalue weighted by Crippen LogP contribution is -2.39. The fourth-order valence-electron chi connectivity index (χ4n) is 3.28. The van der Waals surface area contributed by atoms with Gasteiger partial charge in [0, 0.05) is 26.2 Å². The predicted octanol–water partition coefficient (Wildman–Crippen LogP) is 1.24. The van der Waals surface area contributed by atoms with Gasteiger partial charge in [0.1, 0.15) is 0 Å². The Labute approximate surface area is 186 Å². The molecule has 1 saturated heterocycles. The summed E-state index contributed by atoms with van der Waals surface area (Å²) in [4.78, 5) is 28.2. The summed E-state index contributed by atoms with van der Waals surface area (Å²) in [7, 11) is 1.65. The van der Waals surface area contributed by atoms with Crippen molar-refractivity contribution in [2.45, 2.75) is 31.0 Å². The number of thioether (sulfide) groups is 1. The van der Waals surface area contributed by atoms with Crippen molar-refractivity contribution in [3.63, 3.8) is 0 Å². The second-order valence-electron chi connectivity index (χ2n) is 7.93. The number of hydrogen-bond donors (Lipinski definition) is 1. The van der Waals surface area contributed by atoms with Crippen LogP contribution in [-0.2, 0) is 14.3 Å². The summed E-state index contributed by atoms with van der Waals surface area (Å²) in [5, 5.41) is 12.4. The van der Waals surface area contributed by atoms with Crippen LogP contribution in [0.1, 0.15) is 18.4 Å². The molecule has 2 amide bonds. The fourth-order valence-corrected chi connectivity index (χ4v) is 4.17. The van der Waals surface area contributed by atoms with Gasteiger partial charge in [0.05, 0.1) is 31.2 Å². The van der Waals surface area contributed by atoms with Gasteiger partial charge >= 0.3 is 0 Å². The molecule has 0 atom stereocenters. The molecule has 2 aliphatic rings. The minimum absolute atomic E-state index is 0.0690. The number of carbonyl (C=O) groups is 2. The molecule has 0 unspecified atom stereocenters. The molecule has 1 aliphatic carbocycles. The lowest BCUT2D eigenvalue weighted by Gasteiger charge is -2.28. The Morgan fingerprint density at radius 1 is 1.19 bits per heavy atom. The third-order valence-electron chi connectivity index (χ3n) is 5.28. The zero-order valence-electron chi connectivity index (χ0n) is 17.9. The topological polar surface area (TPSA) is 92.6 Å². The van der Waals surface area contributed by atoms with Crippen molar-refractivity contribution >= 4 is 29.5 Å². The van der Waals surface area contributed by atoms with Gasteiger partial charge in [0.25, 0.3) is 0 Å². The minimum atomic E-state index is -0.123. The molecule has 1 aliphatic heterocycles. The molecular formula is C21H28N6O3S. The molecule has 166 valence electrons. The van der Waals surface area contributed by atoms with Crippen molar-refractivity contribution in [1.82, 2.24) is 25.0 Å². The number of anilines is 1. The number of aryl methyl sites for hydroxylation is 1. The number of carbonyl (C=O) groups excluding carboxylic acids is 2. The van der Waals surface area contributed by atoms with Crippen molar-refractivity contribution < 1.29 is 14.3 Å². The number of rotatable bonds is 8. The maximum Gasteiger partial charge on any atom is 0.239 e. The zero-order valence-corrected chi connectivity index (χ0v) is 18.7. The Morgan fingerprint density at radius 3 is 2.58 bits per heavy atom. The molecule has 0 bridgehead atoms. The highest BCUT2D eigenvalue weighted by Crippen LogP contribution is 2.27. The van der Waals surface area contributed by atoms with E-state index in [1.54, 1.807) is 7.05 Å². The lowest BCUT2D eigenvalue weighted by molar-refractivity contribution is -0.132. The lowest BCUT2D eigenvalue weighted by atomic mass is 10.2. The number of benzene rings is 1. The quantitative estimate of drug-likeness (QED) is 0.613. The first-order valence-corrected chi connectivity index (χ1v) is 11.5. The van der Waals surface area contributed by atoms with Gasteiger partial charge in [-0.3, -0.25) is 14.2 Å². The van der Waals surface area contributed by atoms with E-state index in [1.165, 1.54) is 22.2 Å². The molecule has 2 aromatic rings. The summed E-state index contributed by atoms with van der Waals surface area (Å²) in [5.41, 5.74) is 2.12. The summed E-state index contributed by atoms with van der Waals surface area (Å²) in [5.74, 6) is 0.697. The maximum absolute atomic E-state index is 12.6. The van der Waals surface area contributed by atoms with Gasteiger partial charge in [-0.05, 0) is 31.9 Å². The van der Waals surface area contributed by atoms with Crippen LogP contribution in [0.25, 0.3) is 5.69 Å². The average Bonchev–Trinajstić information content (AvgIpc) is 3.48. The van der Waals surface area contributed by atoms with Crippen LogP contribution >= 0.6 is 11.8 Å². The molecule has 9 nitrogen and oxygen atoms in total. The van der Waals surface area contributed by atoms with E-state index in [2.05, 4.69) is 20.4 Å². The zero-order chi connectivity index (χ0) is 21.8. The molecular weight excluding hydrogens is 416 g/mol. The Balaban J connectivity index is 1.46. The van der Waals surface area contributed by atoms with Crippen LogP contribution in [0.5, 0.6) is 0 Å². The summed E-state index contributed by atoms with van der Waals surface area (Å²) >= 11 is 1.33. The first kappa shape index (κ1) is 21.6. The van der Waals surface area contributed by atoms with Crippen LogP contribution in [0.15, 0.2) is 29.4 Å². The first-order chi connectivity index (χ1) is 15.0. The maximum atomic E-state index is 12.6. The van der Waals surface area contributed by atoms with E-state index >= 15 is 0 Å². The molecule has 0 spiro atoms. The molecule has 10 heteroatoms. The van der Waals surface area contributed by atoms with Crippen molar-refractivity contribution in [2.75, 3.05) is 50.5 Å². The Kier molecular flexibility index (Phi) is 6.77. The minimum Gasteiger partial charge on any atom is -0.378 e. The normalized spacial score (nSPS) is 16.3. The van der Waals surface area contributed by atoms with Crippen LogP contribution in [-0.4, -0.2) is 83.2 Å². The molecule has 1 aromatic heterocycles. The number of ether oxygens (including phenoxy) is 1. The molecule has 0 radical (unpaired) electrons. The molecule has 31 heavy (non-hydrogen) atoms. The largest absolute Gasteiger partial charge is 0.378 e. The van der Waals surface area contributed by atoms with Crippen molar-refractivity contribution in [2.24, 2.45) is 0 Å². The molecule has 1 N–H and O–H groups in total. The van der Waals surface area contributed by atoms with Crippen molar-refractivity contribution in [1.29, 1.82) is 0 Å². The smallest absolute Gasteiger partial charge is 0.239 e. The van der Waals surface area contributed by atoms with E-state index in [0.29, 0.717) is 18.4 Å². The van der Waals surface area contributed by atoms with E-state index in [9.17, 15) is 9.59 Å².